The molecule has 0 atom stereocenters. The second-order valence-corrected chi connectivity index (χ2v) is 8.66. The third kappa shape index (κ3) is 6.04. The predicted octanol–water partition coefficient (Wildman–Crippen LogP) is 2.84. The number of carbonyl (C=O) groups is 2. The van der Waals surface area contributed by atoms with Gasteiger partial charge in [0, 0.05) is 25.2 Å². The van der Waals surface area contributed by atoms with Crippen molar-refractivity contribution in [2.75, 3.05) is 25.0 Å². The van der Waals surface area contributed by atoms with Gasteiger partial charge in [-0.1, -0.05) is 25.8 Å². The lowest BCUT2D eigenvalue weighted by molar-refractivity contribution is -0.147. The van der Waals surface area contributed by atoms with Crippen LogP contribution in [0, 0.1) is 6.92 Å². The molecule has 1 saturated heterocycles. The monoisotopic (exact) mass is 396 g/mol. The van der Waals surface area contributed by atoms with E-state index in [1.807, 2.05) is 6.92 Å². The van der Waals surface area contributed by atoms with Crippen LogP contribution in [0.3, 0.4) is 0 Å². The van der Waals surface area contributed by atoms with Crippen molar-refractivity contribution < 1.29 is 22.7 Å². The van der Waals surface area contributed by atoms with E-state index in [-0.39, 0.29) is 17.9 Å². The molecule has 1 aliphatic rings. The number of hydrogen-bond acceptors (Lipinski definition) is 5. The maximum absolute atomic E-state index is 12.9. The van der Waals surface area contributed by atoms with Crippen LogP contribution in [0.5, 0.6) is 0 Å². The van der Waals surface area contributed by atoms with E-state index in [9.17, 15) is 18.0 Å². The minimum absolute atomic E-state index is 0.196. The van der Waals surface area contributed by atoms with Gasteiger partial charge in [0.25, 0.3) is 5.91 Å². The fourth-order valence-corrected chi connectivity index (χ4v) is 4.70. The van der Waals surface area contributed by atoms with Gasteiger partial charge in [0.15, 0.2) is 6.61 Å². The topological polar surface area (TPSA) is 92.8 Å². The van der Waals surface area contributed by atoms with Gasteiger partial charge >= 0.3 is 5.97 Å². The molecule has 8 heteroatoms. The first-order chi connectivity index (χ1) is 12.8. The molecule has 0 saturated carbocycles. The molecular weight excluding hydrogens is 368 g/mol. The first-order valence-electron chi connectivity index (χ1n) is 9.41. The second-order valence-electron chi connectivity index (χ2n) is 6.76. The molecule has 2 rings (SSSR count). The number of anilines is 1. The van der Waals surface area contributed by atoms with Gasteiger partial charge < -0.3 is 10.1 Å². The number of piperidine rings is 1. The van der Waals surface area contributed by atoms with Crippen LogP contribution < -0.4 is 5.32 Å². The molecule has 1 heterocycles. The minimum atomic E-state index is -3.59. The number of rotatable bonds is 8. The van der Waals surface area contributed by atoms with E-state index in [4.69, 9.17) is 4.74 Å². The highest BCUT2D eigenvalue weighted by Crippen LogP contribution is 2.26. The van der Waals surface area contributed by atoms with Crippen molar-refractivity contribution in [3.63, 3.8) is 0 Å². The summed E-state index contributed by atoms with van der Waals surface area (Å²) >= 11 is 0. The average Bonchev–Trinajstić information content (AvgIpc) is 2.66. The van der Waals surface area contributed by atoms with Crippen LogP contribution in [0.2, 0.25) is 0 Å². The Morgan fingerprint density at radius 3 is 2.56 bits per heavy atom. The van der Waals surface area contributed by atoms with Crippen molar-refractivity contribution in [2.45, 2.75) is 57.3 Å². The van der Waals surface area contributed by atoms with Crippen LogP contribution in [-0.4, -0.2) is 44.3 Å². The van der Waals surface area contributed by atoms with E-state index >= 15 is 0 Å². The fourth-order valence-electron chi connectivity index (χ4n) is 2.94. The molecule has 1 aromatic carbocycles. The van der Waals surface area contributed by atoms with Crippen LogP contribution in [0.15, 0.2) is 23.1 Å². The number of ether oxygens (including phenoxy) is 1. The number of nitrogens with zero attached hydrogens (tertiary/aromatic N) is 1. The molecule has 0 unspecified atom stereocenters. The summed E-state index contributed by atoms with van der Waals surface area (Å²) in [5.41, 5.74) is 0.996. The van der Waals surface area contributed by atoms with Crippen molar-refractivity contribution >= 4 is 27.6 Å². The van der Waals surface area contributed by atoms with Crippen LogP contribution in [-0.2, 0) is 24.3 Å². The number of hydrogen-bond donors (Lipinski definition) is 1. The maximum Gasteiger partial charge on any atom is 0.306 e. The number of unbranched alkanes of at least 4 members (excludes halogenated alkanes) is 1. The molecule has 1 aliphatic heterocycles. The van der Waals surface area contributed by atoms with Gasteiger partial charge in [-0.05, 0) is 43.9 Å². The Balaban J connectivity index is 2.04. The zero-order valence-corrected chi connectivity index (χ0v) is 16.8. The zero-order valence-electron chi connectivity index (χ0n) is 16.0. The van der Waals surface area contributed by atoms with Crippen LogP contribution in [0.1, 0.15) is 51.0 Å². The molecular formula is C19H28N2O5S. The molecule has 1 aromatic rings. The van der Waals surface area contributed by atoms with Gasteiger partial charge in [-0.15, -0.1) is 0 Å². The van der Waals surface area contributed by atoms with Gasteiger partial charge in [-0.25, -0.2) is 8.42 Å². The van der Waals surface area contributed by atoms with Crippen LogP contribution in [0.25, 0.3) is 0 Å². The van der Waals surface area contributed by atoms with Gasteiger partial charge in [0.05, 0.1) is 4.90 Å². The van der Waals surface area contributed by atoms with Crippen LogP contribution >= 0.6 is 0 Å². The first-order valence-corrected chi connectivity index (χ1v) is 10.8. The van der Waals surface area contributed by atoms with Gasteiger partial charge in [-0.2, -0.15) is 4.31 Å². The number of amides is 1. The number of esters is 1. The van der Waals surface area contributed by atoms with Crippen LogP contribution in [0.4, 0.5) is 5.69 Å². The molecule has 0 spiro atoms. The van der Waals surface area contributed by atoms with Crippen molar-refractivity contribution in [2.24, 2.45) is 0 Å². The summed E-state index contributed by atoms with van der Waals surface area (Å²) in [7, 11) is -3.59. The van der Waals surface area contributed by atoms with E-state index in [2.05, 4.69) is 5.32 Å². The van der Waals surface area contributed by atoms with E-state index in [1.165, 1.54) is 10.4 Å². The molecule has 1 amide bonds. The SMILES string of the molecule is CCCCC(=O)OCC(=O)Nc1ccc(C)c(S(=O)(=O)N2CCCCC2)c1. The number of nitrogens with one attached hydrogen (secondary N) is 1. The largest absolute Gasteiger partial charge is 0.456 e. The third-order valence-electron chi connectivity index (χ3n) is 4.50. The summed E-state index contributed by atoms with van der Waals surface area (Å²) in [6, 6.07) is 4.77. The lowest BCUT2D eigenvalue weighted by Gasteiger charge is -2.26. The minimum Gasteiger partial charge on any atom is -0.456 e. The molecule has 0 aliphatic carbocycles. The second kappa shape index (κ2) is 9.85. The Labute approximate surface area is 161 Å². The molecule has 0 bridgehead atoms. The van der Waals surface area contributed by atoms with Crippen molar-refractivity contribution in [3.8, 4) is 0 Å². The quantitative estimate of drug-likeness (QED) is 0.682. The Morgan fingerprint density at radius 1 is 1.19 bits per heavy atom. The normalized spacial score (nSPS) is 15.3. The summed E-state index contributed by atoms with van der Waals surface area (Å²) < 4.78 is 32.2. The molecule has 0 aromatic heterocycles. The van der Waals surface area contributed by atoms with Gasteiger partial charge in [-0.3, -0.25) is 9.59 Å². The van der Waals surface area contributed by atoms with E-state index in [0.717, 1.165) is 32.1 Å². The molecule has 1 N–H and O–H groups in total. The van der Waals surface area contributed by atoms with Gasteiger partial charge in [0.1, 0.15) is 0 Å². The Bertz CT molecular complexity index is 770. The summed E-state index contributed by atoms with van der Waals surface area (Å²) in [5.74, 6) is -0.908. The fraction of sp³-hybridized carbons (Fsp3) is 0.579. The molecule has 27 heavy (non-hydrogen) atoms. The van der Waals surface area contributed by atoms with Gasteiger partial charge in [0.2, 0.25) is 10.0 Å². The Morgan fingerprint density at radius 2 is 1.89 bits per heavy atom. The summed E-state index contributed by atoms with van der Waals surface area (Å²) in [6.45, 7) is 4.35. The zero-order chi connectivity index (χ0) is 19.9. The van der Waals surface area contributed by atoms with E-state index in [0.29, 0.717) is 24.3 Å². The highest BCUT2D eigenvalue weighted by molar-refractivity contribution is 7.89. The molecule has 0 radical (unpaired) electrons. The standard InChI is InChI=1S/C19H28N2O5S/c1-3-4-8-19(23)26-14-18(22)20-16-10-9-15(2)17(13-16)27(24,25)21-11-6-5-7-12-21/h9-10,13H,3-8,11-12,14H2,1-2H3,(H,20,22). The predicted molar refractivity (Wildman–Crippen MR) is 103 cm³/mol. The molecule has 150 valence electrons. The number of sulfonamides is 1. The smallest absolute Gasteiger partial charge is 0.306 e. The average molecular weight is 397 g/mol. The van der Waals surface area contributed by atoms with Crippen molar-refractivity contribution in [1.29, 1.82) is 0 Å². The van der Waals surface area contributed by atoms with E-state index in [1.54, 1.807) is 19.1 Å². The lowest BCUT2D eigenvalue weighted by atomic mass is 10.2. The first kappa shape index (κ1) is 21.4. The Kier molecular flexibility index (Phi) is 7.79. The molecule has 1 fully saturated rings. The molecule has 7 nitrogen and oxygen atoms in total. The van der Waals surface area contributed by atoms with Crippen molar-refractivity contribution in [3.05, 3.63) is 23.8 Å². The summed E-state index contributed by atoms with van der Waals surface area (Å²) in [4.78, 5) is 23.7. The maximum atomic E-state index is 12.9. The number of aryl methyl sites for hydroxylation is 1. The highest BCUT2D eigenvalue weighted by Gasteiger charge is 2.27. The highest BCUT2D eigenvalue weighted by atomic mass is 32.2. The number of benzene rings is 1. The Hall–Kier alpha value is -1.93. The van der Waals surface area contributed by atoms with Crippen molar-refractivity contribution in [1.82, 2.24) is 4.31 Å². The lowest BCUT2D eigenvalue weighted by Crippen LogP contribution is -2.36. The third-order valence-corrected chi connectivity index (χ3v) is 6.54. The van der Waals surface area contributed by atoms with E-state index < -0.39 is 21.9 Å². The number of carbonyl (C=O) groups excluding carboxylic acids is 2. The summed E-state index contributed by atoms with van der Waals surface area (Å²) in [5, 5.41) is 2.60. The summed E-state index contributed by atoms with van der Waals surface area (Å²) in [6.07, 6.45) is 4.63.